The largest absolute Gasteiger partial charge is 0.463 e. The second kappa shape index (κ2) is 11.1. The molecule has 0 radical (unpaired) electrons. The number of hydrogen-bond donors (Lipinski definition) is 0. The summed E-state index contributed by atoms with van der Waals surface area (Å²) in [5.41, 5.74) is 0.879. The van der Waals surface area contributed by atoms with Gasteiger partial charge in [-0.25, -0.2) is 0 Å². The molecular weight excluding hydrogens is 448 g/mol. The first-order valence-corrected chi connectivity index (χ1v) is 10.1. The van der Waals surface area contributed by atoms with Crippen LogP contribution < -0.4 is 4.74 Å². The summed E-state index contributed by atoms with van der Waals surface area (Å²) in [7, 11) is 0. The van der Waals surface area contributed by atoms with Gasteiger partial charge in [0.1, 0.15) is 18.5 Å². The van der Waals surface area contributed by atoms with Gasteiger partial charge in [0.2, 0.25) is 12.4 Å². The maximum atomic E-state index is 11.8. The van der Waals surface area contributed by atoms with Gasteiger partial charge in [0.25, 0.3) is 0 Å². The highest BCUT2D eigenvalue weighted by atomic mass is 35.5. The molecule has 1 aliphatic heterocycles. The van der Waals surface area contributed by atoms with E-state index in [0.29, 0.717) is 0 Å². The minimum absolute atomic E-state index is 0.207. The van der Waals surface area contributed by atoms with Gasteiger partial charge in [-0.05, 0) is 24.6 Å². The van der Waals surface area contributed by atoms with Crippen molar-refractivity contribution in [1.82, 2.24) is 0 Å². The molecule has 5 unspecified atom stereocenters. The van der Waals surface area contributed by atoms with Crippen LogP contribution in [0.2, 0.25) is 5.02 Å². The van der Waals surface area contributed by atoms with E-state index in [-0.39, 0.29) is 17.4 Å². The van der Waals surface area contributed by atoms with Gasteiger partial charge in [-0.15, -0.1) is 0 Å². The second-order valence-corrected chi connectivity index (χ2v) is 7.53. The highest BCUT2D eigenvalue weighted by Crippen LogP contribution is 2.33. The van der Waals surface area contributed by atoms with Crippen molar-refractivity contribution in [2.75, 3.05) is 6.61 Å². The normalized spacial score (nSPS) is 24.8. The molecule has 1 aromatic rings. The Morgan fingerprint density at radius 3 is 1.97 bits per heavy atom. The summed E-state index contributed by atoms with van der Waals surface area (Å²) in [4.78, 5) is 46.7. The van der Waals surface area contributed by atoms with Crippen LogP contribution in [0.3, 0.4) is 0 Å². The first kappa shape index (κ1) is 25.4. The lowest BCUT2D eigenvalue weighted by atomic mass is 9.98. The molecule has 10 nitrogen and oxygen atoms in total. The summed E-state index contributed by atoms with van der Waals surface area (Å²) in [5, 5.41) is 0.262. The van der Waals surface area contributed by atoms with E-state index >= 15 is 0 Å². The van der Waals surface area contributed by atoms with Crippen LogP contribution in [0.1, 0.15) is 33.3 Å². The van der Waals surface area contributed by atoms with Gasteiger partial charge in [-0.2, -0.15) is 0 Å². The van der Waals surface area contributed by atoms with Crippen LogP contribution in [0.5, 0.6) is 5.75 Å². The van der Waals surface area contributed by atoms with Crippen LogP contribution in [0.4, 0.5) is 0 Å². The molecule has 1 aromatic carbocycles. The third kappa shape index (κ3) is 7.10. The van der Waals surface area contributed by atoms with E-state index in [1.807, 2.05) is 6.92 Å². The molecule has 32 heavy (non-hydrogen) atoms. The van der Waals surface area contributed by atoms with Crippen molar-refractivity contribution in [1.29, 1.82) is 0 Å². The fraction of sp³-hybridized carbons (Fsp3) is 0.524. The molecule has 0 aliphatic carbocycles. The van der Waals surface area contributed by atoms with Gasteiger partial charge in [-0.3, -0.25) is 19.2 Å². The number of ether oxygens (including phenoxy) is 6. The predicted molar refractivity (Wildman–Crippen MR) is 109 cm³/mol. The smallest absolute Gasteiger partial charge is 0.303 e. The molecule has 0 aromatic heterocycles. The van der Waals surface area contributed by atoms with Gasteiger partial charge >= 0.3 is 23.9 Å². The molecule has 1 fully saturated rings. The van der Waals surface area contributed by atoms with Gasteiger partial charge < -0.3 is 28.4 Å². The average molecular weight is 473 g/mol. The van der Waals surface area contributed by atoms with E-state index in [2.05, 4.69) is 0 Å². The van der Waals surface area contributed by atoms with E-state index in [1.165, 1.54) is 6.92 Å². The lowest BCUT2D eigenvalue weighted by Crippen LogP contribution is -2.63. The lowest BCUT2D eigenvalue weighted by molar-refractivity contribution is -0.288. The summed E-state index contributed by atoms with van der Waals surface area (Å²) in [6, 6.07) is 4.99. The number of benzene rings is 1. The number of carbonyl (C=O) groups excluding carboxylic acids is 4. The zero-order chi connectivity index (χ0) is 24.0. The second-order valence-electron chi connectivity index (χ2n) is 7.12. The molecule has 1 saturated heterocycles. The first-order chi connectivity index (χ1) is 15.0. The maximum Gasteiger partial charge on any atom is 0.303 e. The summed E-state index contributed by atoms with van der Waals surface area (Å²) in [6.07, 6.45) is -6.34. The van der Waals surface area contributed by atoms with Crippen molar-refractivity contribution >= 4 is 35.5 Å². The maximum absolute atomic E-state index is 11.8. The van der Waals surface area contributed by atoms with Crippen LogP contribution in [0.25, 0.3) is 0 Å². The molecule has 176 valence electrons. The van der Waals surface area contributed by atoms with Crippen LogP contribution >= 0.6 is 11.6 Å². The number of aryl methyl sites for hydroxylation is 1. The van der Waals surface area contributed by atoms with Crippen LogP contribution in [-0.2, 0) is 42.9 Å². The van der Waals surface area contributed by atoms with Gasteiger partial charge in [0.05, 0.1) is 5.02 Å². The topological polar surface area (TPSA) is 124 Å². The number of hydrogen-bond acceptors (Lipinski definition) is 10. The van der Waals surface area contributed by atoms with Crippen LogP contribution in [0.15, 0.2) is 18.2 Å². The van der Waals surface area contributed by atoms with E-state index < -0.39 is 54.6 Å². The Bertz CT molecular complexity index is 870. The molecule has 1 heterocycles. The van der Waals surface area contributed by atoms with Crippen LogP contribution in [-0.4, -0.2) is 61.2 Å². The minimum Gasteiger partial charge on any atom is -0.463 e. The molecule has 0 spiro atoms. The monoisotopic (exact) mass is 472 g/mol. The highest BCUT2D eigenvalue weighted by molar-refractivity contribution is 6.32. The van der Waals surface area contributed by atoms with Crippen molar-refractivity contribution in [2.45, 2.75) is 65.3 Å². The third-order valence-corrected chi connectivity index (χ3v) is 4.57. The molecule has 2 rings (SSSR count). The summed E-state index contributed by atoms with van der Waals surface area (Å²) >= 11 is 6.25. The Kier molecular flexibility index (Phi) is 8.85. The molecule has 0 saturated carbocycles. The quantitative estimate of drug-likeness (QED) is 0.430. The van der Waals surface area contributed by atoms with E-state index in [1.54, 1.807) is 18.2 Å². The average Bonchev–Trinajstić information content (AvgIpc) is 2.65. The molecule has 5 atom stereocenters. The van der Waals surface area contributed by atoms with E-state index in [4.69, 9.17) is 40.0 Å². The Morgan fingerprint density at radius 2 is 1.44 bits per heavy atom. The molecule has 0 amide bonds. The SMILES string of the molecule is CC(=O)OCC1OC(Oc2ccc(C)cc2Cl)C(OC(C)=O)C(OC(C)=O)C1OC(C)=O. The van der Waals surface area contributed by atoms with Gasteiger partial charge in [0.15, 0.2) is 12.2 Å². The number of rotatable bonds is 7. The highest BCUT2D eigenvalue weighted by Gasteiger charge is 2.53. The number of esters is 4. The number of halogens is 1. The standard InChI is InChI=1S/C21H25ClO10/c1-10-6-7-16(15(22)8-10)31-21-20(30-14(5)26)19(29-13(4)25)18(28-12(3)24)17(32-21)9-27-11(2)23/h6-8,17-21H,9H2,1-5H3. The van der Waals surface area contributed by atoms with Crippen molar-refractivity contribution in [3.05, 3.63) is 28.8 Å². The molecule has 1 aliphatic rings. The Morgan fingerprint density at radius 1 is 0.875 bits per heavy atom. The summed E-state index contributed by atoms with van der Waals surface area (Å²) in [5.74, 6) is -2.58. The molecule has 0 N–H and O–H groups in total. The molecular formula is C21H25ClO10. The van der Waals surface area contributed by atoms with Crippen molar-refractivity contribution in [3.63, 3.8) is 0 Å². The summed E-state index contributed by atoms with van der Waals surface area (Å²) < 4.78 is 32.7. The van der Waals surface area contributed by atoms with Crippen molar-refractivity contribution < 1.29 is 47.6 Å². The van der Waals surface area contributed by atoms with Crippen molar-refractivity contribution in [2.24, 2.45) is 0 Å². The van der Waals surface area contributed by atoms with Crippen LogP contribution in [0, 0.1) is 6.92 Å². The predicted octanol–water partition coefficient (Wildman–Crippen LogP) is 2.11. The van der Waals surface area contributed by atoms with E-state index in [0.717, 1.165) is 26.3 Å². The Hall–Kier alpha value is -2.85. The fourth-order valence-electron chi connectivity index (χ4n) is 3.11. The zero-order valence-electron chi connectivity index (χ0n) is 18.3. The molecule has 0 bridgehead atoms. The number of carbonyl (C=O) groups is 4. The minimum atomic E-state index is -1.34. The molecule has 11 heteroatoms. The lowest BCUT2D eigenvalue weighted by Gasteiger charge is -2.44. The summed E-state index contributed by atoms with van der Waals surface area (Å²) in [6.45, 7) is 6.10. The van der Waals surface area contributed by atoms with Crippen molar-refractivity contribution in [3.8, 4) is 5.75 Å². The Balaban J connectivity index is 2.47. The zero-order valence-corrected chi connectivity index (χ0v) is 19.0. The first-order valence-electron chi connectivity index (χ1n) is 9.71. The third-order valence-electron chi connectivity index (χ3n) is 4.28. The van der Waals surface area contributed by atoms with E-state index in [9.17, 15) is 19.2 Å². The fourth-order valence-corrected chi connectivity index (χ4v) is 3.39. The van der Waals surface area contributed by atoms with Gasteiger partial charge in [-0.1, -0.05) is 17.7 Å². The Labute approximate surface area is 190 Å². The van der Waals surface area contributed by atoms with Gasteiger partial charge in [0, 0.05) is 27.7 Å².